The van der Waals surface area contributed by atoms with E-state index in [1.54, 1.807) is 6.20 Å². The summed E-state index contributed by atoms with van der Waals surface area (Å²) in [5, 5.41) is 0. The molecule has 1 aromatic heterocycles. The van der Waals surface area contributed by atoms with E-state index in [9.17, 15) is 0 Å². The van der Waals surface area contributed by atoms with Gasteiger partial charge in [-0.25, -0.2) is 4.98 Å². The standard InChI is InChI=1S/C11H16BrNO2/c1-4-14-7-9(3)15-11-8(2)5-10(12)6-13-11/h5-6,9H,4,7H2,1-3H3. The van der Waals surface area contributed by atoms with Gasteiger partial charge < -0.3 is 9.47 Å². The van der Waals surface area contributed by atoms with Crippen LogP contribution in [0.2, 0.25) is 0 Å². The summed E-state index contributed by atoms with van der Waals surface area (Å²) < 4.78 is 11.9. The molecule has 0 radical (unpaired) electrons. The van der Waals surface area contributed by atoms with E-state index < -0.39 is 0 Å². The summed E-state index contributed by atoms with van der Waals surface area (Å²) in [6.07, 6.45) is 1.76. The van der Waals surface area contributed by atoms with Gasteiger partial charge in [-0.1, -0.05) is 0 Å². The summed E-state index contributed by atoms with van der Waals surface area (Å²) in [7, 11) is 0. The van der Waals surface area contributed by atoms with Crippen molar-refractivity contribution < 1.29 is 9.47 Å². The Balaban J connectivity index is 2.56. The van der Waals surface area contributed by atoms with Gasteiger partial charge in [0.25, 0.3) is 0 Å². The number of pyridine rings is 1. The van der Waals surface area contributed by atoms with Crippen LogP contribution in [-0.2, 0) is 4.74 Å². The molecule has 1 heterocycles. The molecule has 0 aliphatic heterocycles. The average Bonchev–Trinajstić information content (AvgIpc) is 2.19. The molecular formula is C11H16BrNO2. The van der Waals surface area contributed by atoms with Gasteiger partial charge in [0.2, 0.25) is 5.88 Å². The third kappa shape index (κ3) is 4.18. The molecule has 0 spiro atoms. The van der Waals surface area contributed by atoms with Crippen molar-refractivity contribution in [2.45, 2.75) is 26.9 Å². The molecule has 0 aromatic carbocycles. The quantitative estimate of drug-likeness (QED) is 0.827. The molecule has 0 saturated carbocycles. The highest BCUT2D eigenvalue weighted by Gasteiger charge is 2.07. The van der Waals surface area contributed by atoms with E-state index in [2.05, 4.69) is 20.9 Å². The molecule has 0 N–H and O–H groups in total. The maximum Gasteiger partial charge on any atom is 0.216 e. The number of hydrogen-bond acceptors (Lipinski definition) is 3. The van der Waals surface area contributed by atoms with Crippen LogP contribution in [0.3, 0.4) is 0 Å². The van der Waals surface area contributed by atoms with Crippen LogP contribution in [0.5, 0.6) is 5.88 Å². The predicted octanol–water partition coefficient (Wildman–Crippen LogP) is 2.96. The normalized spacial score (nSPS) is 12.5. The first-order valence-corrected chi connectivity index (χ1v) is 5.79. The largest absolute Gasteiger partial charge is 0.472 e. The Labute approximate surface area is 98.9 Å². The van der Waals surface area contributed by atoms with Crippen LogP contribution >= 0.6 is 15.9 Å². The van der Waals surface area contributed by atoms with Gasteiger partial charge in [0, 0.05) is 22.8 Å². The van der Waals surface area contributed by atoms with Crippen LogP contribution in [0, 0.1) is 6.92 Å². The Kier molecular flexibility index (Phi) is 5.05. The monoisotopic (exact) mass is 273 g/mol. The number of hydrogen-bond donors (Lipinski definition) is 0. The number of aryl methyl sites for hydroxylation is 1. The fraction of sp³-hybridized carbons (Fsp3) is 0.545. The van der Waals surface area contributed by atoms with Crippen molar-refractivity contribution in [3.05, 3.63) is 22.3 Å². The van der Waals surface area contributed by atoms with E-state index in [0.717, 1.165) is 10.0 Å². The molecule has 0 bridgehead atoms. The Bertz CT molecular complexity index is 317. The third-order valence-electron chi connectivity index (χ3n) is 1.87. The molecule has 0 aliphatic carbocycles. The summed E-state index contributed by atoms with van der Waals surface area (Å²) in [5.74, 6) is 0.672. The molecule has 1 atom stereocenters. The summed E-state index contributed by atoms with van der Waals surface area (Å²) in [6, 6.07) is 1.98. The lowest BCUT2D eigenvalue weighted by Gasteiger charge is -2.15. The van der Waals surface area contributed by atoms with Gasteiger partial charge in [0.1, 0.15) is 6.10 Å². The highest BCUT2D eigenvalue weighted by molar-refractivity contribution is 9.10. The molecule has 84 valence electrons. The van der Waals surface area contributed by atoms with Crippen molar-refractivity contribution in [3.8, 4) is 5.88 Å². The van der Waals surface area contributed by atoms with Crippen molar-refractivity contribution in [2.24, 2.45) is 0 Å². The van der Waals surface area contributed by atoms with E-state index in [-0.39, 0.29) is 6.10 Å². The van der Waals surface area contributed by atoms with Crippen LogP contribution in [0.25, 0.3) is 0 Å². The molecular weight excluding hydrogens is 258 g/mol. The second-order valence-electron chi connectivity index (χ2n) is 3.36. The van der Waals surface area contributed by atoms with Gasteiger partial charge in [-0.15, -0.1) is 0 Å². The molecule has 0 fully saturated rings. The van der Waals surface area contributed by atoms with Gasteiger partial charge in [0.05, 0.1) is 6.61 Å². The highest BCUT2D eigenvalue weighted by Crippen LogP contribution is 2.19. The van der Waals surface area contributed by atoms with Gasteiger partial charge in [-0.05, 0) is 42.8 Å². The van der Waals surface area contributed by atoms with Crippen LogP contribution in [-0.4, -0.2) is 24.3 Å². The van der Waals surface area contributed by atoms with E-state index in [1.165, 1.54) is 0 Å². The van der Waals surface area contributed by atoms with Gasteiger partial charge in [-0.2, -0.15) is 0 Å². The minimum atomic E-state index is 0.0253. The average molecular weight is 274 g/mol. The molecule has 3 nitrogen and oxygen atoms in total. The highest BCUT2D eigenvalue weighted by atomic mass is 79.9. The van der Waals surface area contributed by atoms with Gasteiger partial charge >= 0.3 is 0 Å². The molecule has 15 heavy (non-hydrogen) atoms. The Morgan fingerprint density at radius 3 is 2.87 bits per heavy atom. The smallest absolute Gasteiger partial charge is 0.216 e. The van der Waals surface area contributed by atoms with Gasteiger partial charge in [-0.3, -0.25) is 0 Å². The molecule has 4 heteroatoms. The molecule has 1 rings (SSSR count). The Hall–Kier alpha value is -0.610. The lowest BCUT2D eigenvalue weighted by molar-refractivity contribution is 0.0629. The van der Waals surface area contributed by atoms with Crippen LogP contribution in [0.15, 0.2) is 16.7 Å². The summed E-state index contributed by atoms with van der Waals surface area (Å²) in [5.41, 5.74) is 1.02. The SMILES string of the molecule is CCOCC(C)Oc1ncc(Br)cc1C. The molecule has 0 aliphatic rings. The van der Waals surface area contributed by atoms with Gasteiger partial charge in [0.15, 0.2) is 0 Å². The zero-order chi connectivity index (χ0) is 11.3. The maximum absolute atomic E-state index is 5.65. The second-order valence-corrected chi connectivity index (χ2v) is 4.28. The molecule has 0 amide bonds. The first kappa shape index (κ1) is 12.5. The lowest BCUT2D eigenvalue weighted by atomic mass is 10.3. The van der Waals surface area contributed by atoms with Crippen molar-refractivity contribution >= 4 is 15.9 Å². The van der Waals surface area contributed by atoms with E-state index in [1.807, 2.05) is 26.8 Å². The van der Waals surface area contributed by atoms with Crippen LogP contribution in [0.1, 0.15) is 19.4 Å². The van der Waals surface area contributed by atoms with Crippen LogP contribution in [0.4, 0.5) is 0 Å². The van der Waals surface area contributed by atoms with Crippen molar-refractivity contribution in [1.29, 1.82) is 0 Å². The van der Waals surface area contributed by atoms with Crippen molar-refractivity contribution in [2.75, 3.05) is 13.2 Å². The Morgan fingerprint density at radius 1 is 1.53 bits per heavy atom. The number of ether oxygens (including phenoxy) is 2. The zero-order valence-corrected chi connectivity index (χ0v) is 10.9. The second kappa shape index (κ2) is 6.08. The minimum Gasteiger partial charge on any atom is -0.472 e. The fourth-order valence-electron chi connectivity index (χ4n) is 1.16. The third-order valence-corrected chi connectivity index (χ3v) is 2.30. The number of halogens is 1. The van der Waals surface area contributed by atoms with E-state index >= 15 is 0 Å². The van der Waals surface area contributed by atoms with Crippen molar-refractivity contribution in [1.82, 2.24) is 4.98 Å². The topological polar surface area (TPSA) is 31.4 Å². The first-order valence-electron chi connectivity index (χ1n) is 5.00. The summed E-state index contributed by atoms with van der Waals surface area (Å²) in [4.78, 5) is 4.20. The minimum absolute atomic E-state index is 0.0253. The lowest BCUT2D eigenvalue weighted by Crippen LogP contribution is -2.20. The number of rotatable bonds is 5. The van der Waals surface area contributed by atoms with Crippen molar-refractivity contribution in [3.63, 3.8) is 0 Å². The summed E-state index contributed by atoms with van der Waals surface area (Å²) >= 11 is 3.36. The van der Waals surface area contributed by atoms with Crippen LogP contribution < -0.4 is 4.74 Å². The fourth-order valence-corrected chi connectivity index (χ4v) is 1.61. The van der Waals surface area contributed by atoms with E-state index in [4.69, 9.17) is 9.47 Å². The molecule has 1 unspecified atom stereocenters. The molecule has 0 saturated heterocycles. The number of nitrogens with zero attached hydrogens (tertiary/aromatic N) is 1. The maximum atomic E-state index is 5.65. The zero-order valence-electron chi connectivity index (χ0n) is 9.29. The predicted molar refractivity (Wildman–Crippen MR) is 63.3 cm³/mol. The Morgan fingerprint density at radius 2 is 2.27 bits per heavy atom. The number of aromatic nitrogens is 1. The summed E-state index contributed by atoms with van der Waals surface area (Å²) in [6.45, 7) is 7.21. The van der Waals surface area contributed by atoms with E-state index in [0.29, 0.717) is 19.1 Å². The molecule has 1 aromatic rings. The first-order chi connectivity index (χ1) is 7.13.